The molecule has 8 heteroatoms. The van der Waals surface area contributed by atoms with Crippen molar-refractivity contribution in [2.24, 2.45) is 0 Å². The Morgan fingerprint density at radius 3 is 2.59 bits per heavy atom. The predicted molar refractivity (Wildman–Crippen MR) is 134 cm³/mol. The highest BCUT2D eigenvalue weighted by Crippen LogP contribution is 2.33. The van der Waals surface area contributed by atoms with E-state index in [1.54, 1.807) is 43.5 Å². The Kier molecular flexibility index (Phi) is 7.19. The zero-order valence-corrected chi connectivity index (χ0v) is 20.2. The normalized spacial score (nSPS) is 16.2. The highest BCUT2D eigenvalue weighted by molar-refractivity contribution is 7.92. The Labute approximate surface area is 201 Å². The molecule has 1 N–H and O–H groups in total. The minimum Gasteiger partial charge on any atom is -0.497 e. The monoisotopic (exact) mass is 479 g/mol. The van der Waals surface area contributed by atoms with E-state index in [9.17, 15) is 13.2 Å². The van der Waals surface area contributed by atoms with Gasteiger partial charge in [-0.1, -0.05) is 36.4 Å². The first-order valence-corrected chi connectivity index (χ1v) is 12.6. The number of likely N-dealkylation sites (tertiary alicyclic amines) is 1. The quantitative estimate of drug-likeness (QED) is 0.521. The number of sulfonamides is 1. The summed E-state index contributed by atoms with van der Waals surface area (Å²) in [5.74, 6) is 0.619. The van der Waals surface area contributed by atoms with Gasteiger partial charge in [0.15, 0.2) is 0 Å². The van der Waals surface area contributed by atoms with Crippen molar-refractivity contribution >= 4 is 27.3 Å². The first-order chi connectivity index (χ1) is 16.4. The maximum atomic E-state index is 13.1. The number of rotatable bonds is 8. The van der Waals surface area contributed by atoms with Gasteiger partial charge in [0, 0.05) is 18.8 Å². The average molecular weight is 480 g/mol. The molecule has 7 nitrogen and oxygen atoms in total. The average Bonchev–Trinajstić information content (AvgIpc) is 3.32. The number of nitrogens with zero attached hydrogens (tertiary/aromatic N) is 2. The van der Waals surface area contributed by atoms with Gasteiger partial charge < -0.3 is 10.1 Å². The van der Waals surface area contributed by atoms with Crippen LogP contribution >= 0.6 is 0 Å². The zero-order valence-electron chi connectivity index (χ0n) is 19.3. The minimum absolute atomic E-state index is 0.118. The maximum absolute atomic E-state index is 13.1. The van der Waals surface area contributed by atoms with Gasteiger partial charge in [0.05, 0.1) is 24.2 Å². The van der Waals surface area contributed by atoms with E-state index in [0.717, 1.165) is 30.7 Å². The number of nitrogens with one attached hydrogen (secondary N) is 1. The van der Waals surface area contributed by atoms with E-state index in [4.69, 9.17) is 4.74 Å². The number of hydrogen-bond acceptors (Lipinski definition) is 5. The van der Waals surface area contributed by atoms with E-state index in [1.165, 1.54) is 23.5 Å². The van der Waals surface area contributed by atoms with Crippen LogP contribution in [0.5, 0.6) is 5.75 Å². The molecule has 1 heterocycles. The Hall–Kier alpha value is -3.36. The Bertz CT molecular complexity index is 1250. The van der Waals surface area contributed by atoms with Crippen LogP contribution in [0.1, 0.15) is 24.4 Å². The first-order valence-electron chi connectivity index (χ1n) is 11.2. The number of amides is 1. The van der Waals surface area contributed by atoms with Crippen molar-refractivity contribution < 1.29 is 17.9 Å². The maximum Gasteiger partial charge on any atom is 0.264 e. The number of benzene rings is 3. The van der Waals surface area contributed by atoms with Crippen LogP contribution in [-0.2, 0) is 14.8 Å². The molecular weight excluding hydrogens is 450 g/mol. The summed E-state index contributed by atoms with van der Waals surface area (Å²) in [5.41, 5.74) is 2.14. The lowest BCUT2D eigenvalue weighted by atomic mass is 10.0. The molecule has 34 heavy (non-hydrogen) atoms. The minimum atomic E-state index is -3.76. The van der Waals surface area contributed by atoms with Gasteiger partial charge in [0.25, 0.3) is 10.0 Å². The lowest BCUT2D eigenvalue weighted by molar-refractivity contribution is -0.117. The summed E-state index contributed by atoms with van der Waals surface area (Å²) in [4.78, 5) is 15.1. The summed E-state index contributed by atoms with van der Waals surface area (Å²) < 4.78 is 32.8. The molecule has 0 aromatic heterocycles. The third-order valence-corrected chi connectivity index (χ3v) is 7.87. The van der Waals surface area contributed by atoms with Crippen LogP contribution in [0.15, 0.2) is 83.8 Å². The summed E-state index contributed by atoms with van der Waals surface area (Å²) in [5, 5.41) is 2.87. The van der Waals surface area contributed by atoms with Crippen LogP contribution in [0.4, 0.5) is 11.4 Å². The fourth-order valence-electron chi connectivity index (χ4n) is 4.30. The number of para-hydroxylation sites is 1. The van der Waals surface area contributed by atoms with E-state index >= 15 is 0 Å². The van der Waals surface area contributed by atoms with Crippen molar-refractivity contribution in [3.05, 3.63) is 84.4 Å². The zero-order chi connectivity index (χ0) is 24.1. The van der Waals surface area contributed by atoms with Gasteiger partial charge in [-0.15, -0.1) is 0 Å². The van der Waals surface area contributed by atoms with Gasteiger partial charge in [-0.25, -0.2) is 8.42 Å². The van der Waals surface area contributed by atoms with Crippen LogP contribution in [0, 0.1) is 0 Å². The molecular formula is C26H29N3O4S. The molecule has 0 saturated carbocycles. The summed E-state index contributed by atoms with van der Waals surface area (Å²) in [6.45, 7) is 1.05. The summed E-state index contributed by atoms with van der Waals surface area (Å²) in [6, 6.07) is 23.3. The number of methoxy groups -OCH3 is 1. The molecule has 1 aliphatic heterocycles. The highest BCUT2D eigenvalue weighted by atomic mass is 32.2. The van der Waals surface area contributed by atoms with Gasteiger partial charge >= 0.3 is 0 Å². The third kappa shape index (κ3) is 5.24. The van der Waals surface area contributed by atoms with Gasteiger partial charge in [-0.05, 0) is 67.4 Å². The lowest BCUT2D eigenvalue weighted by Gasteiger charge is -2.24. The van der Waals surface area contributed by atoms with E-state index in [-0.39, 0.29) is 23.4 Å². The summed E-state index contributed by atoms with van der Waals surface area (Å²) in [6.07, 6.45) is 1.98. The van der Waals surface area contributed by atoms with Crippen LogP contribution in [-0.4, -0.2) is 46.5 Å². The van der Waals surface area contributed by atoms with Crippen molar-refractivity contribution in [1.29, 1.82) is 0 Å². The number of carbonyl (C=O) groups excluding carboxylic acids is 1. The topological polar surface area (TPSA) is 79.0 Å². The van der Waals surface area contributed by atoms with E-state index < -0.39 is 10.0 Å². The SMILES string of the molecule is COc1cccc(C2CCCN2CC(=O)Nc2cccc(S(=O)(=O)N(C)c3ccccc3)c2)c1. The molecule has 1 saturated heterocycles. The number of hydrogen-bond donors (Lipinski definition) is 1. The molecule has 0 radical (unpaired) electrons. The largest absolute Gasteiger partial charge is 0.497 e. The van der Waals surface area contributed by atoms with Crippen molar-refractivity contribution in [3.63, 3.8) is 0 Å². The van der Waals surface area contributed by atoms with Gasteiger partial charge in [0.1, 0.15) is 5.75 Å². The smallest absolute Gasteiger partial charge is 0.264 e. The van der Waals surface area contributed by atoms with Crippen LogP contribution in [0.3, 0.4) is 0 Å². The molecule has 1 fully saturated rings. The second-order valence-electron chi connectivity index (χ2n) is 8.29. The van der Waals surface area contributed by atoms with Crippen molar-refractivity contribution in [3.8, 4) is 5.75 Å². The van der Waals surface area contributed by atoms with Crippen LogP contribution in [0.25, 0.3) is 0 Å². The molecule has 0 spiro atoms. The fraction of sp³-hybridized carbons (Fsp3) is 0.269. The van der Waals surface area contributed by atoms with Crippen molar-refractivity contribution in [2.45, 2.75) is 23.8 Å². The number of carbonyl (C=O) groups is 1. The second-order valence-corrected chi connectivity index (χ2v) is 10.3. The molecule has 1 unspecified atom stereocenters. The first kappa shape index (κ1) is 23.8. The molecule has 178 valence electrons. The highest BCUT2D eigenvalue weighted by Gasteiger charge is 2.28. The van der Waals surface area contributed by atoms with E-state index in [1.807, 2.05) is 24.3 Å². The lowest BCUT2D eigenvalue weighted by Crippen LogP contribution is -2.33. The summed E-state index contributed by atoms with van der Waals surface area (Å²) >= 11 is 0. The molecule has 0 aliphatic carbocycles. The Balaban J connectivity index is 1.45. The van der Waals surface area contributed by atoms with Crippen molar-refractivity contribution in [1.82, 2.24) is 4.90 Å². The van der Waals surface area contributed by atoms with Crippen LogP contribution < -0.4 is 14.4 Å². The molecule has 1 amide bonds. The van der Waals surface area contributed by atoms with E-state index in [0.29, 0.717) is 11.4 Å². The molecule has 1 atom stereocenters. The number of anilines is 2. The molecule has 3 aromatic rings. The Morgan fingerprint density at radius 2 is 1.82 bits per heavy atom. The molecule has 3 aromatic carbocycles. The molecule has 4 rings (SSSR count). The van der Waals surface area contributed by atoms with E-state index in [2.05, 4.69) is 16.3 Å². The fourth-order valence-corrected chi connectivity index (χ4v) is 5.54. The van der Waals surface area contributed by atoms with Crippen molar-refractivity contribution in [2.75, 3.05) is 36.9 Å². The second kappa shape index (κ2) is 10.3. The standard InChI is InChI=1S/C26H29N3O4S/c1-28(22-11-4-3-5-12-22)34(31,32)24-14-7-10-21(18-24)27-26(30)19-29-16-8-15-25(29)20-9-6-13-23(17-20)33-2/h3-7,9-14,17-18,25H,8,15-16,19H2,1-2H3,(H,27,30). The van der Waals surface area contributed by atoms with Gasteiger partial charge in [0.2, 0.25) is 5.91 Å². The molecule has 1 aliphatic rings. The third-order valence-electron chi connectivity index (χ3n) is 6.08. The van der Waals surface area contributed by atoms with Crippen LogP contribution in [0.2, 0.25) is 0 Å². The molecule has 0 bridgehead atoms. The van der Waals surface area contributed by atoms with Gasteiger partial charge in [-0.2, -0.15) is 0 Å². The Morgan fingerprint density at radius 1 is 1.06 bits per heavy atom. The predicted octanol–water partition coefficient (Wildman–Crippen LogP) is 4.30. The number of ether oxygens (including phenoxy) is 1. The van der Waals surface area contributed by atoms with Gasteiger partial charge in [-0.3, -0.25) is 14.0 Å². The summed E-state index contributed by atoms with van der Waals surface area (Å²) in [7, 11) is -0.605.